The van der Waals surface area contributed by atoms with Gasteiger partial charge in [-0.25, -0.2) is 4.39 Å². The number of nitrogens with zero attached hydrogens (tertiary/aromatic N) is 3. The Labute approximate surface area is 190 Å². The van der Waals surface area contributed by atoms with E-state index in [9.17, 15) is 9.18 Å². The summed E-state index contributed by atoms with van der Waals surface area (Å²) in [5, 5.41) is 11.6. The molecule has 1 amide bonds. The maximum Gasteiger partial charge on any atom is 0.237 e. The molecule has 1 unspecified atom stereocenters. The Morgan fingerprint density at radius 1 is 1.03 bits per heavy atom. The van der Waals surface area contributed by atoms with Crippen LogP contribution in [0.5, 0.6) is 0 Å². The monoisotopic (exact) mass is 446 g/mol. The zero-order valence-corrected chi connectivity index (χ0v) is 18.6. The van der Waals surface area contributed by atoms with Gasteiger partial charge in [0.15, 0.2) is 11.0 Å². The van der Waals surface area contributed by atoms with E-state index in [1.807, 2.05) is 73.0 Å². The number of aryl methyl sites for hydroxylation is 1. The van der Waals surface area contributed by atoms with Crippen LogP contribution in [0.4, 0.5) is 10.1 Å². The summed E-state index contributed by atoms with van der Waals surface area (Å²) in [5.74, 6) is -0.0703. The summed E-state index contributed by atoms with van der Waals surface area (Å²) in [4.78, 5) is 12.8. The third-order valence-electron chi connectivity index (χ3n) is 4.95. The Morgan fingerprint density at radius 3 is 2.53 bits per heavy atom. The quantitative estimate of drug-likeness (QED) is 0.378. The summed E-state index contributed by atoms with van der Waals surface area (Å²) in [7, 11) is 0. The Bertz CT molecular complexity index is 1230. The lowest BCUT2D eigenvalue weighted by atomic mass is 10.2. The number of rotatable bonds is 7. The molecule has 3 aromatic carbocycles. The van der Waals surface area contributed by atoms with E-state index in [0.29, 0.717) is 23.1 Å². The van der Waals surface area contributed by atoms with Crippen molar-refractivity contribution < 1.29 is 9.18 Å². The molecule has 32 heavy (non-hydrogen) atoms. The predicted octanol–water partition coefficient (Wildman–Crippen LogP) is 5.56. The van der Waals surface area contributed by atoms with Crippen LogP contribution in [0.25, 0.3) is 11.4 Å². The second-order valence-corrected chi connectivity index (χ2v) is 8.78. The molecule has 0 aliphatic rings. The van der Waals surface area contributed by atoms with E-state index in [2.05, 4.69) is 15.5 Å². The lowest BCUT2D eigenvalue weighted by Crippen LogP contribution is -2.23. The molecule has 1 aromatic heterocycles. The van der Waals surface area contributed by atoms with Gasteiger partial charge in [0.1, 0.15) is 5.82 Å². The van der Waals surface area contributed by atoms with Crippen molar-refractivity contribution in [3.05, 3.63) is 95.8 Å². The zero-order valence-electron chi connectivity index (χ0n) is 17.8. The standard InChI is InChI=1S/C25H23FN4OS/c1-17-9-8-12-20(15-17)27-24(31)18(2)32-25-29-28-23(21-13-6-7-14-22(21)26)30(25)16-19-10-4-3-5-11-19/h3-15,18H,16H2,1-2H3,(H,27,31). The second-order valence-electron chi connectivity index (χ2n) is 7.48. The lowest BCUT2D eigenvalue weighted by Gasteiger charge is -2.14. The van der Waals surface area contributed by atoms with Gasteiger partial charge in [-0.05, 0) is 49.2 Å². The van der Waals surface area contributed by atoms with Gasteiger partial charge in [0.05, 0.1) is 17.4 Å². The van der Waals surface area contributed by atoms with Crippen LogP contribution < -0.4 is 5.32 Å². The minimum absolute atomic E-state index is 0.137. The normalized spacial score (nSPS) is 11.8. The molecule has 5 nitrogen and oxygen atoms in total. The summed E-state index contributed by atoms with van der Waals surface area (Å²) in [6.45, 7) is 4.26. The molecule has 0 aliphatic heterocycles. The first kappa shape index (κ1) is 21.8. The average Bonchev–Trinajstić information content (AvgIpc) is 3.16. The maximum absolute atomic E-state index is 14.5. The number of anilines is 1. The molecule has 1 N–H and O–H groups in total. The number of carbonyl (C=O) groups excluding carboxylic acids is 1. The first-order valence-corrected chi connectivity index (χ1v) is 11.2. The van der Waals surface area contributed by atoms with Crippen LogP contribution in [-0.4, -0.2) is 25.9 Å². The van der Waals surface area contributed by atoms with Crippen molar-refractivity contribution in [3.8, 4) is 11.4 Å². The first-order chi connectivity index (χ1) is 15.5. The molecule has 4 aromatic rings. The van der Waals surface area contributed by atoms with Gasteiger partial charge < -0.3 is 5.32 Å². The summed E-state index contributed by atoms with van der Waals surface area (Å²) >= 11 is 1.30. The van der Waals surface area contributed by atoms with Gasteiger partial charge in [-0.1, -0.05) is 66.4 Å². The van der Waals surface area contributed by atoms with E-state index in [-0.39, 0.29) is 11.7 Å². The molecule has 0 saturated carbocycles. The molecule has 0 saturated heterocycles. The zero-order chi connectivity index (χ0) is 22.5. The molecule has 4 rings (SSSR count). The van der Waals surface area contributed by atoms with Crippen LogP contribution in [0.1, 0.15) is 18.1 Å². The van der Waals surface area contributed by atoms with Gasteiger partial charge in [-0.15, -0.1) is 10.2 Å². The van der Waals surface area contributed by atoms with Crippen molar-refractivity contribution in [1.29, 1.82) is 0 Å². The smallest absolute Gasteiger partial charge is 0.237 e. The number of hydrogen-bond donors (Lipinski definition) is 1. The van der Waals surface area contributed by atoms with Crippen LogP contribution >= 0.6 is 11.8 Å². The summed E-state index contributed by atoms with van der Waals surface area (Å²) in [6.07, 6.45) is 0. The minimum Gasteiger partial charge on any atom is -0.325 e. The Morgan fingerprint density at radius 2 is 1.78 bits per heavy atom. The van der Waals surface area contributed by atoms with E-state index in [0.717, 1.165) is 16.8 Å². The van der Waals surface area contributed by atoms with Gasteiger partial charge >= 0.3 is 0 Å². The first-order valence-electron chi connectivity index (χ1n) is 10.3. The highest BCUT2D eigenvalue weighted by molar-refractivity contribution is 8.00. The van der Waals surface area contributed by atoms with Gasteiger partial charge in [0.2, 0.25) is 5.91 Å². The van der Waals surface area contributed by atoms with E-state index >= 15 is 0 Å². The van der Waals surface area contributed by atoms with Gasteiger partial charge in [0, 0.05) is 5.69 Å². The van der Waals surface area contributed by atoms with Gasteiger partial charge in [-0.2, -0.15) is 0 Å². The van der Waals surface area contributed by atoms with Crippen LogP contribution in [-0.2, 0) is 11.3 Å². The van der Waals surface area contributed by atoms with E-state index in [1.54, 1.807) is 18.2 Å². The van der Waals surface area contributed by atoms with Crippen molar-refractivity contribution in [2.75, 3.05) is 5.32 Å². The lowest BCUT2D eigenvalue weighted by molar-refractivity contribution is -0.115. The second kappa shape index (κ2) is 9.78. The van der Waals surface area contributed by atoms with Crippen molar-refractivity contribution in [1.82, 2.24) is 14.8 Å². The molecule has 162 valence electrons. The molecule has 0 aliphatic carbocycles. The van der Waals surface area contributed by atoms with Crippen molar-refractivity contribution in [2.24, 2.45) is 0 Å². The molecular weight excluding hydrogens is 423 g/mol. The highest BCUT2D eigenvalue weighted by Gasteiger charge is 2.22. The third kappa shape index (κ3) is 5.06. The number of thioether (sulfide) groups is 1. The Kier molecular flexibility index (Phi) is 6.66. The number of halogens is 1. The van der Waals surface area contributed by atoms with Crippen LogP contribution in [0, 0.1) is 12.7 Å². The van der Waals surface area contributed by atoms with Crippen LogP contribution in [0.2, 0.25) is 0 Å². The molecular formula is C25H23FN4OS. The summed E-state index contributed by atoms with van der Waals surface area (Å²) in [5.41, 5.74) is 3.23. The number of aromatic nitrogens is 3. The highest BCUT2D eigenvalue weighted by atomic mass is 32.2. The van der Waals surface area contributed by atoms with Gasteiger partial charge in [-0.3, -0.25) is 9.36 Å². The SMILES string of the molecule is Cc1cccc(NC(=O)C(C)Sc2nnc(-c3ccccc3F)n2Cc2ccccc2)c1. The molecule has 1 heterocycles. The predicted molar refractivity (Wildman–Crippen MR) is 126 cm³/mol. The van der Waals surface area contributed by atoms with E-state index < -0.39 is 5.25 Å². The van der Waals surface area contributed by atoms with E-state index in [4.69, 9.17) is 0 Å². The Balaban J connectivity index is 1.61. The van der Waals surface area contributed by atoms with Crippen molar-refractivity contribution in [3.63, 3.8) is 0 Å². The average molecular weight is 447 g/mol. The maximum atomic E-state index is 14.5. The van der Waals surface area contributed by atoms with Crippen LogP contribution in [0.15, 0.2) is 84.0 Å². The number of carbonyl (C=O) groups is 1. The highest BCUT2D eigenvalue weighted by Crippen LogP contribution is 2.29. The number of hydrogen-bond acceptors (Lipinski definition) is 4. The molecule has 1 atom stereocenters. The minimum atomic E-state index is -0.428. The molecule has 0 radical (unpaired) electrons. The molecule has 7 heteroatoms. The summed E-state index contributed by atoms with van der Waals surface area (Å²) in [6, 6.07) is 24.0. The van der Waals surface area contributed by atoms with Crippen LogP contribution in [0.3, 0.4) is 0 Å². The fourth-order valence-corrected chi connectivity index (χ4v) is 4.15. The topological polar surface area (TPSA) is 59.8 Å². The van der Waals surface area contributed by atoms with Gasteiger partial charge in [0.25, 0.3) is 0 Å². The van der Waals surface area contributed by atoms with Crippen molar-refractivity contribution >= 4 is 23.4 Å². The third-order valence-corrected chi connectivity index (χ3v) is 6.03. The number of benzene rings is 3. The largest absolute Gasteiger partial charge is 0.325 e. The molecule has 0 spiro atoms. The van der Waals surface area contributed by atoms with E-state index in [1.165, 1.54) is 17.8 Å². The summed E-state index contributed by atoms with van der Waals surface area (Å²) < 4.78 is 16.4. The molecule has 0 fully saturated rings. The molecule has 0 bridgehead atoms. The number of nitrogens with one attached hydrogen (secondary N) is 1. The fraction of sp³-hybridized carbons (Fsp3) is 0.160. The van der Waals surface area contributed by atoms with Crippen molar-refractivity contribution in [2.45, 2.75) is 30.8 Å². The number of amides is 1. The Hall–Kier alpha value is -3.45. The fourth-order valence-electron chi connectivity index (χ4n) is 3.30.